The van der Waals surface area contributed by atoms with Crippen molar-refractivity contribution in [2.24, 2.45) is 10.8 Å². The average molecular weight is 626 g/mol. The molecular formula is C32H59N5O7. The van der Waals surface area contributed by atoms with Crippen LogP contribution in [0.2, 0.25) is 0 Å². The van der Waals surface area contributed by atoms with Crippen LogP contribution < -0.4 is 26.6 Å². The van der Waals surface area contributed by atoms with Gasteiger partial charge in [-0.3, -0.25) is 19.2 Å². The highest BCUT2D eigenvalue weighted by Crippen LogP contribution is 2.40. The monoisotopic (exact) mass is 625 g/mol. The summed E-state index contributed by atoms with van der Waals surface area (Å²) in [6.07, 6.45) is 9.31. The van der Waals surface area contributed by atoms with Crippen LogP contribution in [0.15, 0.2) is 0 Å². The lowest BCUT2D eigenvalue weighted by Crippen LogP contribution is -2.58. The number of nitrogens with one attached hydrogen (secondary N) is 5. The molecular weight excluding hydrogens is 566 g/mol. The number of alkyl carbamates (subject to hydrolysis) is 1. The van der Waals surface area contributed by atoms with E-state index in [0.717, 1.165) is 64.2 Å². The molecule has 12 nitrogen and oxygen atoms in total. The van der Waals surface area contributed by atoms with E-state index in [1.165, 1.54) is 0 Å². The number of ether oxygens (including phenoxy) is 1. The van der Waals surface area contributed by atoms with E-state index in [1.807, 2.05) is 0 Å². The van der Waals surface area contributed by atoms with Crippen LogP contribution >= 0.6 is 0 Å². The van der Waals surface area contributed by atoms with Crippen molar-refractivity contribution in [3.63, 3.8) is 0 Å². The predicted octanol–water partition coefficient (Wildman–Crippen LogP) is 3.02. The number of hydrogen-bond acceptors (Lipinski definition) is 6. The van der Waals surface area contributed by atoms with Crippen LogP contribution in [0.5, 0.6) is 0 Å². The molecule has 0 saturated heterocycles. The molecule has 0 bridgehead atoms. The van der Waals surface area contributed by atoms with Crippen molar-refractivity contribution >= 4 is 29.7 Å². The number of hydrogen-bond donors (Lipinski definition) is 5. The molecule has 0 atom stereocenters. The maximum absolute atomic E-state index is 13.4. The topological polar surface area (TPSA) is 186 Å². The predicted molar refractivity (Wildman–Crippen MR) is 170 cm³/mol. The van der Waals surface area contributed by atoms with Crippen molar-refractivity contribution in [1.29, 1.82) is 0 Å². The van der Waals surface area contributed by atoms with Gasteiger partial charge in [-0.1, -0.05) is 38.5 Å². The molecule has 0 aromatic rings. The van der Waals surface area contributed by atoms with Gasteiger partial charge in [-0.25, -0.2) is 4.79 Å². The minimum atomic E-state index is -1.21. The largest absolute Gasteiger partial charge is 0.444 e. The molecule has 0 aromatic heterocycles. The van der Waals surface area contributed by atoms with Crippen LogP contribution in [-0.4, -0.2) is 72.0 Å². The molecule has 0 heterocycles. The third-order valence-corrected chi connectivity index (χ3v) is 8.83. The van der Waals surface area contributed by atoms with Crippen molar-refractivity contribution < 1.29 is 34.2 Å². The zero-order valence-electron chi connectivity index (χ0n) is 28.3. The van der Waals surface area contributed by atoms with Gasteiger partial charge >= 0.3 is 6.09 Å². The lowest BCUT2D eigenvalue weighted by molar-refractivity contribution is -0.134. The van der Waals surface area contributed by atoms with Gasteiger partial charge in [-0.15, -0.1) is 0 Å². The number of carbonyl (C=O) groups excluding carboxylic acids is 5. The molecule has 7 N–H and O–H groups in total. The summed E-state index contributed by atoms with van der Waals surface area (Å²) in [7, 11) is 1.63. The van der Waals surface area contributed by atoms with Gasteiger partial charge in [0.05, 0.1) is 0 Å². The minimum Gasteiger partial charge on any atom is -0.444 e. The minimum absolute atomic E-state index is 0. The zero-order chi connectivity index (χ0) is 32.5. The first-order chi connectivity index (χ1) is 19.8. The third-order valence-electron chi connectivity index (χ3n) is 8.83. The van der Waals surface area contributed by atoms with Crippen LogP contribution in [0.25, 0.3) is 0 Å². The van der Waals surface area contributed by atoms with Crippen LogP contribution in [0.1, 0.15) is 126 Å². The van der Waals surface area contributed by atoms with Gasteiger partial charge in [0.25, 0.3) is 0 Å². The SMILES string of the molecule is CNC(=O)CC1(CNC(=O)C(C)(C)NC(=O)CC2(CNC(=O)C(C)(C)NC(=O)OC(C)(C)C)CCCCC2)CCCCC1.O. The quantitative estimate of drug-likeness (QED) is 0.222. The number of amides is 5. The summed E-state index contributed by atoms with van der Waals surface area (Å²) in [6.45, 7) is 12.5. The molecule has 2 aliphatic rings. The maximum atomic E-state index is 13.4. The summed E-state index contributed by atoms with van der Waals surface area (Å²) in [5.41, 5.74) is -3.78. The second kappa shape index (κ2) is 15.9. The van der Waals surface area contributed by atoms with Gasteiger partial charge in [-0.2, -0.15) is 0 Å². The Labute approximate surface area is 263 Å². The van der Waals surface area contributed by atoms with Gasteiger partial charge in [0.2, 0.25) is 23.6 Å². The van der Waals surface area contributed by atoms with E-state index >= 15 is 0 Å². The fourth-order valence-electron chi connectivity index (χ4n) is 6.25. The molecule has 2 rings (SSSR count). The van der Waals surface area contributed by atoms with E-state index in [-0.39, 0.29) is 47.5 Å². The Kier molecular flexibility index (Phi) is 14.1. The van der Waals surface area contributed by atoms with Crippen LogP contribution in [0.4, 0.5) is 4.79 Å². The third kappa shape index (κ3) is 12.2. The lowest BCUT2D eigenvalue weighted by atomic mass is 9.71. The molecule has 0 aliphatic heterocycles. The van der Waals surface area contributed by atoms with Crippen molar-refractivity contribution in [2.75, 3.05) is 20.1 Å². The Morgan fingerprint density at radius 3 is 1.39 bits per heavy atom. The Morgan fingerprint density at radius 1 is 0.614 bits per heavy atom. The smallest absolute Gasteiger partial charge is 0.408 e. The highest BCUT2D eigenvalue weighted by atomic mass is 16.6. The molecule has 44 heavy (non-hydrogen) atoms. The van der Waals surface area contributed by atoms with Gasteiger partial charge < -0.3 is 36.8 Å². The molecule has 2 aliphatic carbocycles. The first-order valence-corrected chi connectivity index (χ1v) is 15.9. The molecule has 2 fully saturated rings. The Bertz CT molecular complexity index is 1010. The van der Waals surface area contributed by atoms with Crippen molar-refractivity contribution in [3.8, 4) is 0 Å². The summed E-state index contributed by atoms with van der Waals surface area (Å²) in [4.78, 5) is 64.3. The summed E-state index contributed by atoms with van der Waals surface area (Å²) >= 11 is 0. The number of rotatable bonds is 12. The van der Waals surface area contributed by atoms with E-state index < -0.39 is 28.2 Å². The van der Waals surface area contributed by atoms with E-state index in [2.05, 4.69) is 26.6 Å². The zero-order valence-corrected chi connectivity index (χ0v) is 28.3. The average Bonchev–Trinajstić information content (AvgIpc) is 2.89. The second-order valence-electron chi connectivity index (χ2n) is 14.9. The highest BCUT2D eigenvalue weighted by Gasteiger charge is 2.40. The molecule has 0 unspecified atom stereocenters. The van der Waals surface area contributed by atoms with Gasteiger partial charge in [-0.05, 0) is 85.0 Å². The van der Waals surface area contributed by atoms with Crippen LogP contribution in [0, 0.1) is 10.8 Å². The maximum Gasteiger partial charge on any atom is 0.408 e. The molecule has 0 aromatic carbocycles. The summed E-state index contributed by atoms with van der Waals surface area (Å²) < 4.78 is 5.30. The van der Waals surface area contributed by atoms with E-state index in [0.29, 0.717) is 13.0 Å². The van der Waals surface area contributed by atoms with E-state index in [1.54, 1.807) is 55.5 Å². The summed E-state index contributed by atoms with van der Waals surface area (Å²) in [6, 6.07) is 0. The van der Waals surface area contributed by atoms with Crippen molar-refractivity contribution in [1.82, 2.24) is 26.6 Å². The van der Waals surface area contributed by atoms with Crippen molar-refractivity contribution in [2.45, 2.75) is 142 Å². The van der Waals surface area contributed by atoms with E-state index in [4.69, 9.17) is 4.74 Å². The fraction of sp³-hybridized carbons (Fsp3) is 0.844. The highest BCUT2D eigenvalue weighted by molar-refractivity contribution is 5.91. The van der Waals surface area contributed by atoms with Gasteiger partial charge in [0.15, 0.2) is 0 Å². The summed E-state index contributed by atoms with van der Waals surface area (Å²) in [5.74, 6) is -0.932. The standard InChI is InChI=1S/C32H57N5O6.H2O/c1-28(2,3)43-27(42)37-30(6,7)26(41)35-22-32(17-13-10-14-18-32)20-24(39)36-29(4,5)25(40)34-21-31(19-23(38)33-8)15-11-9-12-16-31;/h9-22H2,1-8H3,(H,33,38)(H,34,40)(H,35,41)(H,36,39)(H,37,42);1H2. The van der Waals surface area contributed by atoms with Gasteiger partial charge in [0.1, 0.15) is 16.7 Å². The molecule has 12 heteroatoms. The summed E-state index contributed by atoms with van der Waals surface area (Å²) in [5, 5.41) is 14.3. The van der Waals surface area contributed by atoms with Crippen LogP contribution in [0.3, 0.4) is 0 Å². The lowest BCUT2D eigenvalue weighted by Gasteiger charge is -2.39. The van der Waals surface area contributed by atoms with Gasteiger partial charge in [0, 0.05) is 33.0 Å². The normalized spacial score (nSPS) is 18.1. The van der Waals surface area contributed by atoms with Crippen molar-refractivity contribution in [3.05, 3.63) is 0 Å². The molecule has 5 amide bonds. The Balaban J connectivity index is 0.00000968. The number of carbonyl (C=O) groups is 5. The Morgan fingerprint density at radius 2 is 1.00 bits per heavy atom. The van der Waals surface area contributed by atoms with Crippen LogP contribution in [-0.2, 0) is 23.9 Å². The molecule has 0 radical (unpaired) electrons. The fourth-order valence-corrected chi connectivity index (χ4v) is 6.25. The molecule has 0 spiro atoms. The first-order valence-electron chi connectivity index (χ1n) is 15.9. The molecule has 2 saturated carbocycles. The second-order valence-corrected chi connectivity index (χ2v) is 14.9. The Hall–Kier alpha value is -2.89. The van der Waals surface area contributed by atoms with E-state index in [9.17, 15) is 24.0 Å². The molecule has 254 valence electrons. The first kappa shape index (κ1) is 39.1.